The minimum Gasteiger partial charge on any atom is -0.464 e. The first-order chi connectivity index (χ1) is 14.8. The summed E-state index contributed by atoms with van der Waals surface area (Å²) in [5, 5.41) is 10.3. The molecule has 2 aliphatic rings. The van der Waals surface area contributed by atoms with Gasteiger partial charge in [-0.05, 0) is 34.5 Å². The third kappa shape index (κ3) is 2.78. The molecule has 0 bridgehead atoms. The Morgan fingerprint density at radius 1 is 0.833 bits per heavy atom. The molecule has 30 heavy (non-hydrogen) atoms. The summed E-state index contributed by atoms with van der Waals surface area (Å²) >= 11 is 6.34. The van der Waals surface area contributed by atoms with Crippen LogP contribution in [-0.2, 0) is 0 Å². The third-order valence-corrected chi connectivity index (χ3v) is 6.18. The summed E-state index contributed by atoms with van der Waals surface area (Å²) in [5.74, 6) is 0.878. The Bertz CT molecular complexity index is 1280. The van der Waals surface area contributed by atoms with Gasteiger partial charge in [0.05, 0.1) is 11.8 Å². The molecule has 3 nitrogen and oxygen atoms in total. The van der Waals surface area contributed by atoms with E-state index >= 15 is 0 Å². The fraction of sp³-hybridized carbons (Fsp3) is 0.115. The van der Waals surface area contributed by atoms with Crippen LogP contribution in [0.2, 0.25) is 5.02 Å². The van der Waals surface area contributed by atoms with Gasteiger partial charge in [-0.2, -0.15) is 5.10 Å². The van der Waals surface area contributed by atoms with E-state index in [-0.39, 0.29) is 12.3 Å². The van der Waals surface area contributed by atoms with E-state index < -0.39 is 0 Å². The van der Waals surface area contributed by atoms with Gasteiger partial charge in [0.2, 0.25) is 6.23 Å². The molecule has 4 aromatic carbocycles. The Morgan fingerprint density at radius 2 is 1.63 bits per heavy atom. The fourth-order valence-electron chi connectivity index (χ4n) is 4.53. The fourth-order valence-corrected chi connectivity index (χ4v) is 4.71. The highest BCUT2D eigenvalue weighted by molar-refractivity contribution is 6.30. The summed E-state index contributed by atoms with van der Waals surface area (Å²) in [6.45, 7) is 0. The highest BCUT2D eigenvalue weighted by Gasteiger charge is 2.41. The summed E-state index contributed by atoms with van der Waals surface area (Å²) < 4.78 is 6.54. The molecule has 0 amide bonds. The Morgan fingerprint density at radius 3 is 2.53 bits per heavy atom. The number of nitrogens with zero attached hydrogens (tertiary/aromatic N) is 2. The molecule has 2 atom stereocenters. The summed E-state index contributed by atoms with van der Waals surface area (Å²) in [6.07, 6.45) is 0.526. The van der Waals surface area contributed by atoms with Crippen LogP contribution in [0.1, 0.15) is 35.4 Å². The van der Waals surface area contributed by atoms with Gasteiger partial charge >= 0.3 is 0 Å². The molecule has 146 valence electrons. The maximum Gasteiger partial charge on any atom is 0.214 e. The van der Waals surface area contributed by atoms with Crippen LogP contribution in [-0.4, -0.2) is 10.7 Å². The summed E-state index contributed by atoms with van der Waals surface area (Å²) in [4.78, 5) is 0. The lowest BCUT2D eigenvalue weighted by Gasteiger charge is -2.38. The van der Waals surface area contributed by atoms with Crippen LogP contribution in [0.5, 0.6) is 5.75 Å². The topological polar surface area (TPSA) is 24.8 Å². The van der Waals surface area contributed by atoms with E-state index in [4.69, 9.17) is 21.4 Å². The van der Waals surface area contributed by atoms with E-state index in [2.05, 4.69) is 71.7 Å². The standard InChI is InChI=1S/C26H19ClN2O/c27-19-13-14-25-22(15-19)24-16-23(18-8-2-1-3-9-18)28-29(24)26(30-25)21-12-6-10-17-7-4-5-11-20(17)21/h1-15,24,26H,16H2/t24-,26-/m1/s1. The minimum absolute atomic E-state index is 0.0895. The monoisotopic (exact) mass is 410 g/mol. The Hall–Kier alpha value is -3.30. The van der Waals surface area contributed by atoms with Crippen LogP contribution in [0.15, 0.2) is 96.1 Å². The molecule has 0 N–H and O–H groups in total. The van der Waals surface area contributed by atoms with Gasteiger partial charge in [-0.15, -0.1) is 0 Å². The van der Waals surface area contributed by atoms with Crippen molar-refractivity contribution in [2.45, 2.75) is 18.7 Å². The Kier molecular flexibility index (Phi) is 4.03. The summed E-state index contributed by atoms with van der Waals surface area (Å²) in [7, 11) is 0. The van der Waals surface area contributed by atoms with Gasteiger partial charge in [0.25, 0.3) is 0 Å². The van der Waals surface area contributed by atoms with Crippen molar-refractivity contribution in [2.75, 3.05) is 0 Å². The van der Waals surface area contributed by atoms with Gasteiger partial charge in [-0.1, -0.05) is 84.4 Å². The van der Waals surface area contributed by atoms with Crippen LogP contribution in [0.25, 0.3) is 10.8 Å². The maximum absolute atomic E-state index is 6.54. The van der Waals surface area contributed by atoms with E-state index in [1.807, 2.05) is 24.3 Å². The van der Waals surface area contributed by atoms with Crippen molar-refractivity contribution in [3.63, 3.8) is 0 Å². The first kappa shape index (κ1) is 17.5. The molecule has 2 aliphatic heterocycles. The predicted octanol–water partition coefficient (Wildman–Crippen LogP) is 6.74. The SMILES string of the molecule is Clc1ccc2c(c1)[C@H]1CC(c3ccccc3)=NN1[C@@H](c1cccc3ccccc13)O2. The number of benzene rings is 4. The van der Waals surface area contributed by atoms with E-state index in [1.54, 1.807) is 0 Å². The number of halogens is 1. The second kappa shape index (κ2) is 6.89. The number of ether oxygens (including phenoxy) is 1. The molecule has 0 radical (unpaired) electrons. The third-order valence-electron chi connectivity index (χ3n) is 5.95. The molecule has 0 spiro atoms. The van der Waals surface area contributed by atoms with E-state index in [0.29, 0.717) is 5.02 Å². The van der Waals surface area contributed by atoms with E-state index in [1.165, 1.54) is 10.8 Å². The number of hydrogen-bond donors (Lipinski definition) is 0. The quantitative estimate of drug-likeness (QED) is 0.365. The first-order valence-corrected chi connectivity index (χ1v) is 10.5. The molecule has 4 aromatic rings. The number of rotatable bonds is 2. The Labute approximate surface area is 180 Å². The molecule has 2 heterocycles. The van der Waals surface area contributed by atoms with Crippen molar-refractivity contribution in [1.29, 1.82) is 0 Å². The van der Waals surface area contributed by atoms with E-state index in [9.17, 15) is 0 Å². The van der Waals surface area contributed by atoms with Gasteiger partial charge in [0.15, 0.2) is 0 Å². The molecular formula is C26H19ClN2O. The molecule has 4 heteroatoms. The minimum atomic E-state index is -0.295. The van der Waals surface area contributed by atoms with E-state index in [0.717, 1.165) is 34.6 Å². The second-order valence-electron chi connectivity index (χ2n) is 7.73. The highest BCUT2D eigenvalue weighted by atomic mass is 35.5. The van der Waals surface area contributed by atoms with Crippen molar-refractivity contribution in [3.8, 4) is 5.75 Å². The van der Waals surface area contributed by atoms with Gasteiger partial charge in [-0.25, -0.2) is 5.01 Å². The average Bonchev–Trinajstić information content (AvgIpc) is 3.25. The van der Waals surface area contributed by atoms with Crippen LogP contribution in [0, 0.1) is 0 Å². The van der Waals surface area contributed by atoms with Crippen molar-refractivity contribution in [2.24, 2.45) is 5.10 Å². The molecule has 0 saturated carbocycles. The van der Waals surface area contributed by atoms with Gasteiger partial charge in [0.1, 0.15) is 5.75 Å². The predicted molar refractivity (Wildman–Crippen MR) is 121 cm³/mol. The largest absolute Gasteiger partial charge is 0.464 e. The lowest BCUT2D eigenvalue weighted by atomic mass is 9.95. The first-order valence-electron chi connectivity index (χ1n) is 10.1. The van der Waals surface area contributed by atoms with Gasteiger partial charge in [0, 0.05) is 22.6 Å². The zero-order valence-electron chi connectivity index (χ0n) is 16.2. The zero-order chi connectivity index (χ0) is 20.1. The molecule has 0 fully saturated rings. The van der Waals surface area contributed by atoms with Crippen molar-refractivity contribution < 1.29 is 4.74 Å². The van der Waals surface area contributed by atoms with Crippen LogP contribution < -0.4 is 4.74 Å². The van der Waals surface area contributed by atoms with Crippen molar-refractivity contribution in [3.05, 3.63) is 113 Å². The lowest BCUT2D eigenvalue weighted by molar-refractivity contribution is -0.0180. The molecule has 0 aromatic heterocycles. The Balaban J connectivity index is 1.53. The number of fused-ring (bicyclic) bond motifs is 4. The normalized spacial score (nSPS) is 19.8. The van der Waals surface area contributed by atoms with Crippen LogP contribution in [0.4, 0.5) is 0 Å². The van der Waals surface area contributed by atoms with Gasteiger partial charge in [-0.3, -0.25) is 0 Å². The lowest BCUT2D eigenvalue weighted by Crippen LogP contribution is -2.33. The van der Waals surface area contributed by atoms with Gasteiger partial charge < -0.3 is 4.74 Å². The number of hydrogen-bond acceptors (Lipinski definition) is 3. The molecule has 6 rings (SSSR count). The van der Waals surface area contributed by atoms with Crippen LogP contribution >= 0.6 is 11.6 Å². The van der Waals surface area contributed by atoms with Crippen molar-refractivity contribution >= 4 is 28.1 Å². The van der Waals surface area contributed by atoms with Crippen LogP contribution in [0.3, 0.4) is 0 Å². The number of hydrazone groups is 1. The van der Waals surface area contributed by atoms with Crippen molar-refractivity contribution in [1.82, 2.24) is 5.01 Å². The zero-order valence-corrected chi connectivity index (χ0v) is 17.0. The molecular weight excluding hydrogens is 392 g/mol. The summed E-state index contributed by atoms with van der Waals surface area (Å²) in [5.41, 5.74) is 4.43. The highest BCUT2D eigenvalue weighted by Crippen LogP contribution is 2.49. The second-order valence-corrected chi connectivity index (χ2v) is 8.17. The smallest absolute Gasteiger partial charge is 0.214 e. The maximum atomic E-state index is 6.54. The summed E-state index contributed by atoms with van der Waals surface area (Å²) in [6, 6.07) is 31.1. The molecule has 0 aliphatic carbocycles. The molecule has 0 unspecified atom stereocenters. The molecule has 0 saturated heterocycles. The average molecular weight is 411 g/mol.